The largest absolute Gasteiger partial charge is 0.503 e. The number of rotatable bonds is 7. The lowest BCUT2D eigenvalue weighted by atomic mass is 9.97. The van der Waals surface area contributed by atoms with E-state index in [0.717, 1.165) is 12.1 Å². The first kappa shape index (κ1) is 22.9. The van der Waals surface area contributed by atoms with E-state index in [2.05, 4.69) is 10.6 Å². The third kappa shape index (κ3) is 4.07. The molecule has 7 nitrogen and oxygen atoms in total. The third-order valence-corrected chi connectivity index (χ3v) is 5.79. The minimum atomic E-state index is -1.01. The number of halogens is 3. The van der Waals surface area contributed by atoms with E-state index in [-0.39, 0.29) is 35.3 Å². The first-order valence-electron chi connectivity index (χ1n) is 9.80. The van der Waals surface area contributed by atoms with Crippen LogP contribution in [0, 0.1) is 11.6 Å². The number of aldehydes is 1. The van der Waals surface area contributed by atoms with Gasteiger partial charge in [-0.15, -0.1) is 0 Å². The molecule has 1 aromatic heterocycles. The van der Waals surface area contributed by atoms with Gasteiger partial charge in [-0.1, -0.05) is 24.6 Å². The van der Waals surface area contributed by atoms with Crippen LogP contribution in [0.1, 0.15) is 64.3 Å². The summed E-state index contributed by atoms with van der Waals surface area (Å²) >= 11 is 5.57. The highest BCUT2D eigenvalue weighted by Gasteiger charge is 2.37. The van der Waals surface area contributed by atoms with Gasteiger partial charge in [-0.3, -0.25) is 14.4 Å². The van der Waals surface area contributed by atoms with Crippen molar-refractivity contribution in [1.82, 2.24) is 15.2 Å². The van der Waals surface area contributed by atoms with E-state index in [9.17, 15) is 28.3 Å². The van der Waals surface area contributed by atoms with Gasteiger partial charge < -0.3 is 20.3 Å². The fourth-order valence-electron chi connectivity index (χ4n) is 4.02. The number of amides is 1. The van der Waals surface area contributed by atoms with Gasteiger partial charge in [0, 0.05) is 36.3 Å². The molecule has 0 fully saturated rings. The smallest absolute Gasteiger partial charge is 0.257 e. The molecular weight excluding hydrogens is 432 g/mol. The van der Waals surface area contributed by atoms with E-state index >= 15 is 0 Å². The molecule has 2 atom stereocenters. The van der Waals surface area contributed by atoms with Crippen molar-refractivity contribution in [3.05, 3.63) is 61.5 Å². The van der Waals surface area contributed by atoms with Crippen LogP contribution in [0.5, 0.6) is 5.75 Å². The highest BCUT2D eigenvalue weighted by atomic mass is 35.5. The van der Waals surface area contributed by atoms with Crippen molar-refractivity contribution in [2.75, 3.05) is 13.1 Å². The summed E-state index contributed by atoms with van der Waals surface area (Å²) in [4.78, 5) is 37.3. The number of hydrogen-bond acceptors (Lipinski definition) is 5. The Bertz CT molecular complexity index is 1100. The maximum absolute atomic E-state index is 14.2. The predicted molar refractivity (Wildman–Crippen MR) is 111 cm³/mol. The number of nitrogens with one attached hydrogen (secondary N) is 2. The zero-order chi connectivity index (χ0) is 22.9. The summed E-state index contributed by atoms with van der Waals surface area (Å²) in [6, 6.07) is 1.88. The summed E-state index contributed by atoms with van der Waals surface area (Å²) in [6.07, 6.45) is 0.948. The second-order valence-electron chi connectivity index (χ2n) is 7.42. The van der Waals surface area contributed by atoms with E-state index in [0.29, 0.717) is 31.5 Å². The van der Waals surface area contributed by atoms with Crippen molar-refractivity contribution in [3.8, 4) is 5.75 Å². The van der Waals surface area contributed by atoms with Crippen LogP contribution >= 0.6 is 11.6 Å². The molecule has 0 saturated heterocycles. The fourth-order valence-corrected chi connectivity index (χ4v) is 4.20. The molecule has 0 saturated carbocycles. The van der Waals surface area contributed by atoms with Crippen LogP contribution in [0.4, 0.5) is 8.78 Å². The number of aromatic hydroxyl groups is 1. The van der Waals surface area contributed by atoms with Crippen molar-refractivity contribution in [3.63, 3.8) is 0 Å². The number of pyridine rings is 1. The predicted octanol–water partition coefficient (Wildman–Crippen LogP) is 2.89. The molecule has 2 heterocycles. The molecule has 1 amide bonds. The molecule has 0 bridgehead atoms. The first-order chi connectivity index (χ1) is 14.7. The monoisotopic (exact) mass is 453 g/mol. The molecule has 0 unspecified atom stereocenters. The maximum Gasteiger partial charge on any atom is 0.257 e. The Morgan fingerprint density at radius 3 is 2.74 bits per heavy atom. The van der Waals surface area contributed by atoms with E-state index in [1.807, 2.05) is 13.8 Å². The Morgan fingerprint density at radius 1 is 1.39 bits per heavy atom. The lowest BCUT2D eigenvalue weighted by molar-refractivity contribution is 0.0945. The van der Waals surface area contributed by atoms with Crippen LogP contribution in [0.2, 0.25) is 5.02 Å². The van der Waals surface area contributed by atoms with Crippen LogP contribution < -0.4 is 16.1 Å². The molecule has 2 aromatic rings. The van der Waals surface area contributed by atoms with E-state index in [4.69, 9.17) is 11.6 Å². The molecule has 31 heavy (non-hydrogen) atoms. The van der Waals surface area contributed by atoms with Gasteiger partial charge in [-0.05, 0) is 26.0 Å². The Balaban J connectivity index is 2.03. The maximum atomic E-state index is 14.2. The Morgan fingerprint density at radius 2 is 2.10 bits per heavy atom. The summed E-state index contributed by atoms with van der Waals surface area (Å²) in [6.45, 7) is 4.51. The summed E-state index contributed by atoms with van der Waals surface area (Å²) in [7, 11) is 0. The highest BCUT2D eigenvalue weighted by Crippen LogP contribution is 2.39. The topological polar surface area (TPSA) is 100 Å². The third-order valence-electron chi connectivity index (χ3n) is 5.45. The zero-order valence-electron chi connectivity index (χ0n) is 17.0. The number of hydrogen-bond donors (Lipinski definition) is 3. The van der Waals surface area contributed by atoms with Crippen LogP contribution in [0.25, 0.3) is 0 Å². The van der Waals surface area contributed by atoms with Crippen LogP contribution in [-0.4, -0.2) is 35.0 Å². The number of likely N-dealkylation sites (N-methyl/N-ethyl adjacent to an activating group) is 1. The molecule has 1 aromatic carbocycles. The van der Waals surface area contributed by atoms with Crippen molar-refractivity contribution >= 4 is 23.8 Å². The molecular formula is C21H22ClF2N3O4. The summed E-state index contributed by atoms with van der Waals surface area (Å²) < 4.78 is 29.0. The van der Waals surface area contributed by atoms with Crippen LogP contribution in [0.3, 0.4) is 0 Å². The number of nitrogens with zero attached hydrogens (tertiary/aromatic N) is 1. The number of carbonyl (C=O) groups excluding carboxylic acids is 2. The first-order valence-corrected chi connectivity index (χ1v) is 10.2. The second-order valence-corrected chi connectivity index (χ2v) is 7.80. The van der Waals surface area contributed by atoms with Crippen molar-refractivity contribution < 1.29 is 23.5 Å². The molecule has 0 spiro atoms. The quantitative estimate of drug-likeness (QED) is 0.442. The van der Waals surface area contributed by atoms with E-state index in [1.165, 1.54) is 4.57 Å². The summed E-state index contributed by atoms with van der Waals surface area (Å²) in [5, 5.41) is 15.2. The SMILES string of the molecule is CCNC[C@H]1C[C@H](C)n2c(C=O)c(O)c(=O)c(C(=O)NCc3ccc(F)c(Cl)c3F)c21. The zero-order valence-corrected chi connectivity index (χ0v) is 17.7. The van der Waals surface area contributed by atoms with Crippen molar-refractivity contribution in [1.29, 1.82) is 0 Å². The number of carbonyl (C=O) groups is 2. The lowest BCUT2D eigenvalue weighted by Crippen LogP contribution is -2.33. The molecule has 166 valence electrons. The molecule has 0 aliphatic carbocycles. The minimum Gasteiger partial charge on any atom is -0.503 e. The average molecular weight is 454 g/mol. The van der Waals surface area contributed by atoms with Gasteiger partial charge in [-0.2, -0.15) is 0 Å². The van der Waals surface area contributed by atoms with Crippen LogP contribution in [0.15, 0.2) is 16.9 Å². The highest BCUT2D eigenvalue weighted by molar-refractivity contribution is 6.30. The van der Waals surface area contributed by atoms with Gasteiger partial charge >= 0.3 is 0 Å². The minimum absolute atomic E-state index is 0.0669. The Kier molecular flexibility index (Phi) is 6.76. The van der Waals surface area contributed by atoms with Gasteiger partial charge in [0.2, 0.25) is 5.43 Å². The Hall–Kier alpha value is -2.78. The Labute approximate surface area is 182 Å². The van der Waals surface area contributed by atoms with Gasteiger partial charge in [0.1, 0.15) is 27.9 Å². The molecule has 1 aliphatic rings. The molecule has 1 aliphatic heterocycles. The average Bonchev–Trinajstić information content (AvgIpc) is 3.06. The van der Waals surface area contributed by atoms with Crippen molar-refractivity contribution in [2.24, 2.45) is 0 Å². The lowest BCUT2D eigenvalue weighted by Gasteiger charge is -2.19. The molecule has 3 N–H and O–H groups in total. The number of aromatic nitrogens is 1. The second kappa shape index (κ2) is 9.15. The summed E-state index contributed by atoms with van der Waals surface area (Å²) in [5.74, 6) is -3.84. The van der Waals surface area contributed by atoms with E-state index in [1.54, 1.807) is 0 Å². The van der Waals surface area contributed by atoms with Gasteiger partial charge in [0.05, 0.1) is 0 Å². The van der Waals surface area contributed by atoms with Gasteiger partial charge in [-0.25, -0.2) is 8.78 Å². The van der Waals surface area contributed by atoms with E-state index < -0.39 is 33.7 Å². The number of benzene rings is 1. The summed E-state index contributed by atoms with van der Waals surface area (Å²) in [5.41, 5.74) is -1.18. The van der Waals surface area contributed by atoms with Crippen molar-refractivity contribution in [2.45, 2.75) is 38.8 Å². The number of fused-ring (bicyclic) bond motifs is 1. The normalized spacial score (nSPS) is 17.5. The van der Waals surface area contributed by atoms with Gasteiger partial charge in [0.15, 0.2) is 12.0 Å². The molecule has 3 rings (SSSR count). The molecule has 10 heteroatoms. The molecule has 0 radical (unpaired) electrons. The fraction of sp³-hybridized carbons (Fsp3) is 0.381. The van der Waals surface area contributed by atoms with Gasteiger partial charge in [0.25, 0.3) is 5.91 Å². The van der Waals surface area contributed by atoms with Crippen LogP contribution in [-0.2, 0) is 6.54 Å². The standard InChI is InChI=1S/C21H22ClF2N3O4/c1-3-25-7-12-6-10(2)27-14(9-28)19(29)20(30)15(18(12)27)21(31)26-8-11-4-5-13(23)16(22)17(11)24/h4-5,9-10,12,25,29H,3,6-8H2,1-2H3,(H,26,31)/t10-,12+/m0/s1.